The van der Waals surface area contributed by atoms with Gasteiger partial charge in [0.05, 0.1) is 5.69 Å². The topological polar surface area (TPSA) is 16.4 Å². The molecule has 2 aliphatic rings. The molecule has 0 spiro atoms. The maximum absolute atomic E-state index is 6.47. The zero-order valence-corrected chi connectivity index (χ0v) is 31.8. The van der Waals surface area contributed by atoms with Gasteiger partial charge in [-0.15, -0.1) is 0 Å². The Labute approximate surface area is 331 Å². The van der Waals surface area contributed by atoms with E-state index in [-0.39, 0.29) is 5.41 Å². The molecule has 2 nitrogen and oxygen atoms in total. The first-order valence-electron chi connectivity index (χ1n) is 19.8. The van der Waals surface area contributed by atoms with Gasteiger partial charge in [0.25, 0.3) is 0 Å². The van der Waals surface area contributed by atoms with Crippen molar-refractivity contribution in [3.63, 3.8) is 0 Å². The molecule has 0 saturated heterocycles. The number of benzene rings is 9. The molecule has 0 amide bonds. The predicted octanol–water partition coefficient (Wildman–Crippen LogP) is 15.5. The van der Waals surface area contributed by atoms with Crippen molar-refractivity contribution in [3.05, 3.63) is 199 Å². The Hall–Kier alpha value is -7.16. The predicted molar refractivity (Wildman–Crippen MR) is 239 cm³/mol. The summed E-state index contributed by atoms with van der Waals surface area (Å²) in [5, 5.41) is 4.90. The zero-order chi connectivity index (χ0) is 37.8. The Balaban J connectivity index is 1.06. The van der Waals surface area contributed by atoms with E-state index in [4.69, 9.17) is 4.42 Å². The van der Waals surface area contributed by atoms with Crippen LogP contribution in [-0.2, 0) is 5.41 Å². The second-order valence-electron chi connectivity index (χ2n) is 16.0. The van der Waals surface area contributed by atoms with Gasteiger partial charge in [-0.1, -0.05) is 166 Å². The molecule has 0 unspecified atom stereocenters. The van der Waals surface area contributed by atoms with E-state index in [1.54, 1.807) is 0 Å². The highest BCUT2D eigenvalue weighted by atomic mass is 16.3. The highest BCUT2D eigenvalue weighted by Crippen LogP contribution is 2.55. The summed E-state index contributed by atoms with van der Waals surface area (Å²) in [6, 6.07) is 68.9. The smallest absolute Gasteiger partial charge is 0.143 e. The minimum absolute atomic E-state index is 0.120. The van der Waals surface area contributed by atoms with Crippen molar-refractivity contribution in [2.45, 2.75) is 19.3 Å². The van der Waals surface area contributed by atoms with Crippen LogP contribution >= 0.6 is 0 Å². The summed E-state index contributed by atoms with van der Waals surface area (Å²) >= 11 is 0. The lowest BCUT2D eigenvalue weighted by Crippen LogP contribution is -2.16. The van der Waals surface area contributed by atoms with Gasteiger partial charge in [-0.25, -0.2) is 0 Å². The van der Waals surface area contributed by atoms with Gasteiger partial charge in [0.2, 0.25) is 0 Å². The molecule has 57 heavy (non-hydrogen) atoms. The summed E-state index contributed by atoms with van der Waals surface area (Å²) in [5.41, 5.74) is 20.3. The number of hydrogen-bond donors (Lipinski definition) is 0. The fourth-order valence-electron chi connectivity index (χ4n) is 9.99. The molecule has 0 saturated carbocycles. The van der Waals surface area contributed by atoms with Crippen LogP contribution in [0.5, 0.6) is 0 Å². The molecule has 10 aromatic rings. The van der Waals surface area contributed by atoms with Crippen LogP contribution in [0.25, 0.3) is 88.3 Å². The van der Waals surface area contributed by atoms with Gasteiger partial charge in [0, 0.05) is 38.7 Å². The van der Waals surface area contributed by atoms with Crippen molar-refractivity contribution in [1.82, 2.24) is 0 Å². The lowest BCUT2D eigenvalue weighted by Gasteiger charge is -2.29. The number of furan rings is 1. The SMILES string of the molecule is CC1(C)c2ccccc2-c2c(N(c3ccc(-c4cccc5c4oc4ccccc45)cc3)c3cccc(-c4ccc5cccc6c5c4-c4ccccc4-6)c3)cccc21. The number of fused-ring (bicyclic) bond motifs is 9. The van der Waals surface area contributed by atoms with Gasteiger partial charge in [-0.2, -0.15) is 0 Å². The Kier molecular flexibility index (Phi) is 6.72. The van der Waals surface area contributed by atoms with E-state index in [0.717, 1.165) is 44.4 Å². The first-order chi connectivity index (χ1) is 28.0. The van der Waals surface area contributed by atoms with Crippen LogP contribution in [0.4, 0.5) is 17.1 Å². The van der Waals surface area contributed by atoms with Gasteiger partial charge < -0.3 is 9.32 Å². The lowest BCUT2D eigenvalue weighted by atomic mass is 9.82. The molecule has 12 rings (SSSR count). The third-order valence-electron chi connectivity index (χ3n) is 12.6. The molecule has 1 heterocycles. The van der Waals surface area contributed by atoms with E-state index < -0.39 is 0 Å². The van der Waals surface area contributed by atoms with E-state index in [1.165, 1.54) is 72.1 Å². The summed E-state index contributed by atoms with van der Waals surface area (Å²) in [6.45, 7) is 4.71. The van der Waals surface area contributed by atoms with Crippen LogP contribution in [0.1, 0.15) is 25.0 Å². The molecular formula is C55H37NO. The highest BCUT2D eigenvalue weighted by molar-refractivity contribution is 6.19. The number of anilines is 3. The maximum atomic E-state index is 6.47. The molecule has 0 fully saturated rings. The van der Waals surface area contributed by atoms with E-state index in [1.807, 2.05) is 6.07 Å². The molecule has 0 bridgehead atoms. The van der Waals surface area contributed by atoms with Crippen LogP contribution in [0.15, 0.2) is 192 Å². The van der Waals surface area contributed by atoms with E-state index in [0.29, 0.717) is 0 Å². The van der Waals surface area contributed by atoms with Crippen LogP contribution in [-0.4, -0.2) is 0 Å². The number of rotatable bonds is 5. The third-order valence-corrected chi connectivity index (χ3v) is 12.6. The Morgan fingerprint density at radius 1 is 0.421 bits per heavy atom. The van der Waals surface area contributed by atoms with E-state index in [2.05, 4.69) is 201 Å². The molecule has 2 aliphatic carbocycles. The lowest BCUT2D eigenvalue weighted by molar-refractivity contribution is 0.660. The maximum Gasteiger partial charge on any atom is 0.143 e. The quantitative estimate of drug-likeness (QED) is 0.175. The zero-order valence-electron chi connectivity index (χ0n) is 31.8. The first kappa shape index (κ1) is 32.1. The van der Waals surface area contributed by atoms with Crippen LogP contribution in [0.3, 0.4) is 0 Å². The normalized spacial score (nSPS) is 13.2. The van der Waals surface area contributed by atoms with Crippen LogP contribution in [0.2, 0.25) is 0 Å². The van der Waals surface area contributed by atoms with Crippen molar-refractivity contribution < 1.29 is 4.42 Å². The molecule has 0 N–H and O–H groups in total. The average molecular weight is 728 g/mol. The van der Waals surface area contributed by atoms with Crippen molar-refractivity contribution in [3.8, 4) is 55.6 Å². The molecule has 0 aliphatic heterocycles. The van der Waals surface area contributed by atoms with Crippen molar-refractivity contribution in [1.29, 1.82) is 0 Å². The standard InChI is InChI=1S/C55H37NO/c1-55(2)47-23-7-5-19-46(47)53-48(55)24-12-25-49(53)56(37-30-27-34(28-31-37)40-20-11-22-45-42-17-6-8-26-50(42)57-54(40)45)38-15-9-14-36(33-38)39-32-29-35-13-10-21-43-41-16-3-4-18-44(41)52(39)51(35)43/h3-33H,1-2H3. The van der Waals surface area contributed by atoms with Crippen LogP contribution in [0, 0.1) is 0 Å². The number of hydrogen-bond acceptors (Lipinski definition) is 2. The minimum atomic E-state index is -0.120. The second kappa shape index (κ2) is 11.9. The van der Waals surface area contributed by atoms with Gasteiger partial charge in [0.1, 0.15) is 11.2 Å². The Bertz CT molecular complexity index is 3270. The molecule has 2 heteroatoms. The van der Waals surface area contributed by atoms with Gasteiger partial charge in [-0.3, -0.25) is 0 Å². The van der Waals surface area contributed by atoms with Gasteiger partial charge >= 0.3 is 0 Å². The summed E-state index contributed by atoms with van der Waals surface area (Å²) in [7, 11) is 0. The number of para-hydroxylation sites is 2. The molecule has 9 aromatic carbocycles. The summed E-state index contributed by atoms with van der Waals surface area (Å²) < 4.78 is 6.47. The Morgan fingerprint density at radius 2 is 1.11 bits per heavy atom. The van der Waals surface area contributed by atoms with E-state index in [9.17, 15) is 0 Å². The molecule has 268 valence electrons. The third kappa shape index (κ3) is 4.59. The molecule has 1 aromatic heterocycles. The number of nitrogens with zero attached hydrogens (tertiary/aromatic N) is 1. The van der Waals surface area contributed by atoms with Crippen molar-refractivity contribution in [2.24, 2.45) is 0 Å². The summed E-state index contributed by atoms with van der Waals surface area (Å²) in [6.07, 6.45) is 0. The monoisotopic (exact) mass is 727 g/mol. The van der Waals surface area contributed by atoms with Crippen molar-refractivity contribution in [2.75, 3.05) is 4.90 Å². The average Bonchev–Trinajstić information content (AvgIpc) is 3.89. The van der Waals surface area contributed by atoms with Gasteiger partial charge in [-0.05, 0) is 103 Å². The molecular weight excluding hydrogens is 691 g/mol. The molecule has 0 atom stereocenters. The molecule has 0 radical (unpaired) electrons. The van der Waals surface area contributed by atoms with Gasteiger partial charge in [0.15, 0.2) is 0 Å². The fourth-order valence-corrected chi connectivity index (χ4v) is 9.99. The van der Waals surface area contributed by atoms with Crippen LogP contribution < -0.4 is 4.90 Å². The first-order valence-corrected chi connectivity index (χ1v) is 19.8. The largest absolute Gasteiger partial charge is 0.455 e. The summed E-state index contributed by atoms with van der Waals surface area (Å²) in [5.74, 6) is 0. The highest BCUT2D eigenvalue weighted by Gasteiger charge is 2.37. The second-order valence-corrected chi connectivity index (χ2v) is 16.0. The summed E-state index contributed by atoms with van der Waals surface area (Å²) in [4.78, 5) is 2.46. The minimum Gasteiger partial charge on any atom is -0.455 e. The Morgan fingerprint density at radius 3 is 2.00 bits per heavy atom. The van der Waals surface area contributed by atoms with Crippen molar-refractivity contribution >= 4 is 49.8 Å². The fraction of sp³-hybridized carbons (Fsp3) is 0.0545. The van der Waals surface area contributed by atoms with E-state index >= 15 is 0 Å².